The molecule has 21 heavy (non-hydrogen) atoms. The van der Waals surface area contributed by atoms with Crippen LogP contribution in [0.3, 0.4) is 0 Å². The number of carbonyl (C=O) groups is 1. The minimum atomic E-state index is -0.932. The SMILES string of the molecule is CCN1CCC(N(C)c2nnc(C)c(C)c2C(=O)O)CC1. The normalized spacial score (nSPS) is 17.0. The first-order valence-electron chi connectivity index (χ1n) is 7.48. The van der Waals surface area contributed by atoms with E-state index in [1.165, 1.54) is 0 Å². The van der Waals surface area contributed by atoms with Gasteiger partial charge in [-0.25, -0.2) is 4.79 Å². The Morgan fingerprint density at radius 1 is 1.33 bits per heavy atom. The van der Waals surface area contributed by atoms with E-state index in [1.54, 1.807) is 13.8 Å². The molecule has 0 radical (unpaired) electrons. The Bertz CT molecular complexity index is 525. The van der Waals surface area contributed by atoms with Crippen molar-refractivity contribution in [2.75, 3.05) is 31.6 Å². The van der Waals surface area contributed by atoms with Gasteiger partial charge in [-0.3, -0.25) is 0 Å². The molecule has 0 saturated carbocycles. The zero-order chi connectivity index (χ0) is 15.6. The maximum atomic E-state index is 11.6. The third kappa shape index (κ3) is 3.15. The maximum absolute atomic E-state index is 11.6. The molecule has 0 aromatic carbocycles. The van der Waals surface area contributed by atoms with Gasteiger partial charge in [-0.05, 0) is 38.8 Å². The topological polar surface area (TPSA) is 69.6 Å². The number of aromatic nitrogens is 2. The number of aromatic carboxylic acids is 1. The molecule has 1 fully saturated rings. The van der Waals surface area contributed by atoms with Crippen molar-refractivity contribution >= 4 is 11.8 Å². The fraction of sp³-hybridized carbons (Fsp3) is 0.667. The molecule has 0 bridgehead atoms. The molecular weight excluding hydrogens is 268 g/mol. The van der Waals surface area contributed by atoms with E-state index in [2.05, 4.69) is 22.0 Å². The number of likely N-dealkylation sites (tertiary alicyclic amines) is 1. The number of carboxylic acid groups (broad SMARTS) is 1. The van der Waals surface area contributed by atoms with Gasteiger partial charge in [0.25, 0.3) is 0 Å². The van der Waals surface area contributed by atoms with Gasteiger partial charge in [-0.2, -0.15) is 5.10 Å². The van der Waals surface area contributed by atoms with Crippen molar-refractivity contribution in [1.82, 2.24) is 15.1 Å². The van der Waals surface area contributed by atoms with Gasteiger partial charge in [0.2, 0.25) is 0 Å². The molecule has 116 valence electrons. The number of rotatable bonds is 4. The summed E-state index contributed by atoms with van der Waals surface area (Å²) in [6.07, 6.45) is 2.05. The van der Waals surface area contributed by atoms with Crippen LogP contribution in [0.5, 0.6) is 0 Å². The summed E-state index contributed by atoms with van der Waals surface area (Å²) in [6.45, 7) is 8.92. The van der Waals surface area contributed by atoms with E-state index in [-0.39, 0.29) is 5.56 Å². The molecule has 1 aliphatic rings. The van der Waals surface area contributed by atoms with Gasteiger partial charge < -0.3 is 14.9 Å². The Balaban J connectivity index is 2.25. The third-order valence-corrected chi connectivity index (χ3v) is 4.54. The summed E-state index contributed by atoms with van der Waals surface area (Å²) in [7, 11) is 1.93. The van der Waals surface area contributed by atoms with Crippen molar-refractivity contribution in [3.8, 4) is 0 Å². The second kappa shape index (κ2) is 6.39. The maximum Gasteiger partial charge on any atom is 0.339 e. The highest BCUT2D eigenvalue weighted by Crippen LogP contribution is 2.26. The summed E-state index contributed by atoms with van der Waals surface area (Å²) in [5, 5.41) is 17.8. The summed E-state index contributed by atoms with van der Waals surface area (Å²) in [6, 6.07) is 0.322. The van der Waals surface area contributed by atoms with E-state index in [0.717, 1.165) is 32.5 Å². The zero-order valence-electron chi connectivity index (χ0n) is 13.3. The minimum Gasteiger partial charge on any atom is -0.478 e. The Kier molecular flexibility index (Phi) is 4.77. The van der Waals surface area contributed by atoms with Crippen LogP contribution in [0.1, 0.15) is 41.4 Å². The van der Waals surface area contributed by atoms with Crippen molar-refractivity contribution < 1.29 is 9.90 Å². The lowest BCUT2D eigenvalue weighted by atomic mass is 10.0. The summed E-state index contributed by atoms with van der Waals surface area (Å²) < 4.78 is 0. The van der Waals surface area contributed by atoms with Gasteiger partial charge in [-0.1, -0.05) is 6.92 Å². The molecule has 1 aromatic rings. The van der Waals surface area contributed by atoms with Crippen LogP contribution in [0.2, 0.25) is 0 Å². The molecule has 1 aliphatic heterocycles. The Morgan fingerprint density at radius 3 is 2.48 bits per heavy atom. The van der Waals surface area contributed by atoms with E-state index in [4.69, 9.17) is 0 Å². The fourth-order valence-electron chi connectivity index (χ4n) is 2.89. The van der Waals surface area contributed by atoms with Crippen molar-refractivity contribution in [3.05, 3.63) is 16.8 Å². The third-order valence-electron chi connectivity index (χ3n) is 4.54. The first-order valence-corrected chi connectivity index (χ1v) is 7.48. The minimum absolute atomic E-state index is 0.280. The molecule has 1 aromatic heterocycles. The van der Waals surface area contributed by atoms with Crippen molar-refractivity contribution in [1.29, 1.82) is 0 Å². The quantitative estimate of drug-likeness (QED) is 0.911. The molecule has 6 heteroatoms. The van der Waals surface area contributed by atoms with Gasteiger partial charge >= 0.3 is 5.97 Å². The number of anilines is 1. The molecule has 1 N–H and O–H groups in total. The molecule has 0 spiro atoms. The van der Waals surface area contributed by atoms with Crippen LogP contribution >= 0.6 is 0 Å². The Hall–Kier alpha value is -1.69. The van der Waals surface area contributed by atoms with Crippen LogP contribution in [0.4, 0.5) is 5.82 Å². The number of carboxylic acids is 1. The van der Waals surface area contributed by atoms with Gasteiger partial charge in [-0.15, -0.1) is 5.10 Å². The van der Waals surface area contributed by atoms with Crippen LogP contribution in [0, 0.1) is 13.8 Å². The summed E-state index contributed by atoms with van der Waals surface area (Å²) >= 11 is 0. The smallest absolute Gasteiger partial charge is 0.339 e. The highest BCUT2D eigenvalue weighted by Gasteiger charge is 2.27. The van der Waals surface area contributed by atoms with Crippen LogP contribution in [0.25, 0.3) is 0 Å². The monoisotopic (exact) mass is 292 g/mol. The molecule has 1 saturated heterocycles. The second-order valence-corrected chi connectivity index (χ2v) is 5.69. The van der Waals surface area contributed by atoms with E-state index in [0.29, 0.717) is 23.1 Å². The standard InChI is InChI=1S/C15H24N4O2/c1-5-19-8-6-12(7-9-19)18(4)14-13(15(20)21)10(2)11(3)16-17-14/h12H,5-9H2,1-4H3,(H,20,21). The number of aryl methyl sites for hydroxylation is 1. The lowest BCUT2D eigenvalue weighted by molar-refractivity contribution is 0.0695. The van der Waals surface area contributed by atoms with Crippen LogP contribution < -0.4 is 4.90 Å². The Labute approximate surface area is 125 Å². The summed E-state index contributed by atoms with van der Waals surface area (Å²) in [5.41, 5.74) is 1.65. The average Bonchev–Trinajstić information content (AvgIpc) is 2.48. The van der Waals surface area contributed by atoms with Crippen molar-refractivity contribution in [2.24, 2.45) is 0 Å². The van der Waals surface area contributed by atoms with Crippen LogP contribution in [-0.4, -0.2) is 58.9 Å². The molecule has 0 atom stereocenters. The highest BCUT2D eigenvalue weighted by atomic mass is 16.4. The lowest BCUT2D eigenvalue weighted by Crippen LogP contribution is -2.44. The number of hydrogen-bond donors (Lipinski definition) is 1. The average molecular weight is 292 g/mol. The van der Waals surface area contributed by atoms with E-state index < -0.39 is 5.97 Å². The molecule has 0 amide bonds. The molecule has 0 unspecified atom stereocenters. The Morgan fingerprint density at radius 2 is 1.95 bits per heavy atom. The number of piperidine rings is 1. The van der Waals surface area contributed by atoms with Gasteiger partial charge in [0.05, 0.1) is 5.69 Å². The predicted molar refractivity (Wildman–Crippen MR) is 82.0 cm³/mol. The number of nitrogens with zero attached hydrogens (tertiary/aromatic N) is 4. The van der Waals surface area contributed by atoms with Crippen LogP contribution in [0.15, 0.2) is 0 Å². The highest BCUT2D eigenvalue weighted by molar-refractivity contribution is 5.95. The summed E-state index contributed by atoms with van der Waals surface area (Å²) in [4.78, 5) is 16.0. The summed E-state index contributed by atoms with van der Waals surface area (Å²) in [5.74, 6) is -0.445. The molecule has 0 aliphatic carbocycles. The van der Waals surface area contributed by atoms with Gasteiger partial charge in [0, 0.05) is 26.2 Å². The first kappa shape index (κ1) is 15.7. The van der Waals surface area contributed by atoms with E-state index >= 15 is 0 Å². The zero-order valence-corrected chi connectivity index (χ0v) is 13.3. The molecular formula is C15H24N4O2. The van der Waals surface area contributed by atoms with E-state index in [1.807, 2.05) is 11.9 Å². The second-order valence-electron chi connectivity index (χ2n) is 5.69. The first-order chi connectivity index (χ1) is 9.95. The fourth-order valence-corrected chi connectivity index (χ4v) is 2.89. The molecule has 6 nitrogen and oxygen atoms in total. The van der Waals surface area contributed by atoms with E-state index in [9.17, 15) is 9.90 Å². The lowest BCUT2D eigenvalue weighted by Gasteiger charge is -2.37. The largest absolute Gasteiger partial charge is 0.478 e. The predicted octanol–water partition coefficient (Wildman–Crippen LogP) is 1.71. The van der Waals surface area contributed by atoms with Gasteiger partial charge in [0.1, 0.15) is 5.56 Å². The van der Waals surface area contributed by atoms with Crippen molar-refractivity contribution in [2.45, 2.75) is 39.7 Å². The molecule has 2 rings (SSSR count). The molecule has 2 heterocycles. The van der Waals surface area contributed by atoms with Crippen LogP contribution in [-0.2, 0) is 0 Å². The number of hydrogen-bond acceptors (Lipinski definition) is 5. The van der Waals surface area contributed by atoms with Crippen molar-refractivity contribution in [3.63, 3.8) is 0 Å². The van der Waals surface area contributed by atoms with Gasteiger partial charge in [0.15, 0.2) is 5.82 Å².